The number of aromatic hydroxyl groups is 1. The van der Waals surface area contributed by atoms with E-state index in [0.717, 1.165) is 41.6 Å². The molecule has 0 saturated heterocycles. The highest BCUT2D eigenvalue weighted by atomic mass is 16.5. The van der Waals surface area contributed by atoms with Crippen LogP contribution in [0.15, 0.2) is 30.3 Å². The number of unbranched alkanes of at least 4 members (excludes halogenated alkanes) is 10. The Bertz CT molecular complexity index is 1030. The lowest BCUT2D eigenvalue weighted by atomic mass is 9.98. The van der Waals surface area contributed by atoms with E-state index in [-0.39, 0.29) is 0 Å². The van der Waals surface area contributed by atoms with Crippen molar-refractivity contribution in [3.8, 4) is 17.2 Å². The highest BCUT2D eigenvalue weighted by molar-refractivity contribution is 5.76. The molecule has 35 heavy (non-hydrogen) atoms. The van der Waals surface area contributed by atoms with Crippen molar-refractivity contribution in [3.63, 3.8) is 0 Å². The Morgan fingerprint density at radius 1 is 0.714 bits per heavy atom. The van der Waals surface area contributed by atoms with Crippen molar-refractivity contribution >= 4 is 11.0 Å². The normalized spacial score (nSPS) is 11.4. The molecule has 0 fully saturated rings. The summed E-state index contributed by atoms with van der Waals surface area (Å²) >= 11 is 0. The summed E-state index contributed by atoms with van der Waals surface area (Å²) in [6, 6.07) is 10.1. The number of phenolic OH excluding ortho intramolecular Hbond substituents is 1. The van der Waals surface area contributed by atoms with Crippen LogP contribution < -0.4 is 4.74 Å². The predicted octanol–water partition coefficient (Wildman–Crippen LogP) is 8.33. The van der Waals surface area contributed by atoms with Gasteiger partial charge in [-0.15, -0.1) is 15.0 Å². The van der Waals surface area contributed by atoms with Gasteiger partial charge in [-0.2, -0.15) is 0 Å². The zero-order valence-corrected chi connectivity index (χ0v) is 22.2. The Morgan fingerprint density at radius 3 is 2.03 bits per heavy atom. The van der Waals surface area contributed by atoms with Gasteiger partial charge in [-0.1, -0.05) is 84.1 Å². The first-order valence-corrected chi connectivity index (χ1v) is 14.0. The number of aromatic nitrogens is 3. The van der Waals surface area contributed by atoms with Crippen LogP contribution in [0.5, 0.6) is 11.5 Å². The smallest absolute Gasteiger partial charge is 0.146 e. The van der Waals surface area contributed by atoms with Crippen LogP contribution in [0.4, 0.5) is 0 Å². The second-order valence-corrected chi connectivity index (χ2v) is 9.73. The van der Waals surface area contributed by atoms with Gasteiger partial charge in [-0.05, 0) is 61.9 Å². The lowest BCUT2D eigenvalue weighted by molar-refractivity contribution is 0.340. The van der Waals surface area contributed by atoms with Crippen molar-refractivity contribution in [3.05, 3.63) is 41.5 Å². The fourth-order valence-electron chi connectivity index (χ4n) is 4.69. The fraction of sp³-hybridized carbons (Fsp3) is 0.600. The average molecular weight is 480 g/mol. The highest BCUT2D eigenvalue weighted by Gasteiger charge is 2.15. The van der Waals surface area contributed by atoms with Crippen LogP contribution in [0.25, 0.3) is 16.7 Å². The summed E-state index contributed by atoms with van der Waals surface area (Å²) in [5.74, 6) is 1.10. The molecule has 0 atom stereocenters. The van der Waals surface area contributed by atoms with Gasteiger partial charge in [-0.25, -0.2) is 0 Å². The molecular weight excluding hydrogens is 434 g/mol. The molecule has 5 heteroatoms. The molecule has 0 aliphatic rings. The van der Waals surface area contributed by atoms with Gasteiger partial charge in [0.15, 0.2) is 0 Å². The largest absolute Gasteiger partial charge is 0.505 e. The van der Waals surface area contributed by atoms with E-state index >= 15 is 0 Å². The van der Waals surface area contributed by atoms with E-state index in [4.69, 9.17) is 9.84 Å². The average Bonchev–Trinajstić information content (AvgIpc) is 3.28. The van der Waals surface area contributed by atoms with Crippen LogP contribution in [0.1, 0.15) is 109 Å². The summed E-state index contributed by atoms with van der Waals surface area (Å²) in [6.45, 7) is 7.09. The third kappa shape index (κ3) is 8.26. The van der Waals surface area contributed by atoms with Crippen molar-refractivity contribution in [1.29, 1.82) is 0 Å². The number of benzene rings is 2. The van der Waals surface area contributed by atoms with Crippen LogP contribution in [0, 0.1) is 0 Å². The quantitative estimate of drug-likeness (QED) is 0.198. The van der Waals surface area contributed by atoms with Crippen molar-refractivity contribution in [1.82, 2.24) is 15.0 Å². The maximum absolute atomic E-state index is 11.2. The van der Waals surface area contributed by atoms with E-state index in [1.807, 2.05) is 25.1 Å². The third-order valence-corrected chi connectivity index (χ3v) is 6.73. The van der Waals surface area contributed by atoms with E-state index in [2.05, 4.69) is 31.1 Å². The molecule has 192 valence electrons. The molecule has 0 aliphatic carbocycles. The van der Waals surface area contributed by atoms with E-state index in [1.165, 1.54) is 76.2 Å². The van der Waals surface area contributed by atoms with Gasteiger partial charge < -0.3 is 9.84 Å². The number of phenols is 1. The van der Waals surface area contributed by atoms with Crippen LogP contribution >= 0.6 is 0 Å². The molecule has 2 aromatic carbocycles. The lowest BCUT2D eigenvalue weighted by Crippen LogP contribution is -2.03. The van der Waals surface area contributed by atoms with Gasteiger partial charge in [0.25, 0.3) is 0 Å². The minimum absolute atomic E-state index is 0.315. The van der Waals surface area contributed by atoms with E-state index in [9.17, 15) is 5.11 Å². The second-order valence-electron chi connectivity index (χ2n) is 9.73. The third-order valence-electron chi connectivity index (χ3n) is 6.73. The maximum Gasteiger partial charge on any atom is 0.146 e. The number of rotatable bonds is 17. The molecule has 0 spiro atoms. The summed E-state index contributed by atoms with van der Waals surface area (Å²) in [5.41, 5.74) is 4.55. The van der Waals surface area contributed by atoms with Crippen molar-refractivity contribution in [2.24, 2.45) is 0 Å². The molecule has 0 radical (unpaired) electrons. The SMILES string of the molecule is CCCCCCCCc1cc(CCCCCCCC)c(O)c(-n2nc3ccc(OCC)cc3n2)c1. The number of nitrogens with zero attached hydrogens (tertiary/aromatic N) is 3. The molecule has 0 amide bonds. The second kappa shape index (κ2) is 14.8. The van der Waals surface area contributed by atoms with E-state index in [1.54, 1.807) is 4.80 Å². The highest BCUT2D eigenvalue weighted by Crippen LogP contribution is 2.31. The fourth-order valence-corrected chi connectivity index (χ4v) is 4.69. The van der Waals surface area contributed by atoms with Crippen molar-refractivity contribution < 1.29 is 9.84 Å². The summed E-state index contributed by atoms with van der Waals surface area (Å²) in [5, 5.41) is 20.6. The van der Waals surface area contributed by atoms with Gasteiger partial charge in [0.1, 0.15) is 28.2 Å². The molecule has 0 aliphatic heterocycles. The van der Waals surface area contributed by atoms with Crippen molar-refractivity contribution in [2.75, 3.05) is 6.61 Å². The van der Waals surface area contributed by atoms with Crippen molar-refractivity contribution in [2.45, 2.75) is 111 Å². The van der Waals surface area contributed by atoms with Crippen LogP contribution in [-0.2, 0) is 12.8 Å². The molecule has 1 heterocycles. The summed E-state index contributed by atoms with van der Waals surface area (Å²) in [7, 11) is 0. The molecule has 0 saturated carbocycles. The molecule has 0 bridgehead atoms. The van der Waals surface area contributed by atoms with Crippen LogP contribution in [0.3, 0.4) is 0 Å². The molecule has 1 aromatic heterocycles. The van der Waals surface area contributed by atoms with Gasteiger partial charge in [0, 0.05) is 6.07 Å². The van der Waals surface area contributed by atoms with E-state index < -0.39 is 0 Å². The predicted molar refractivity (Wildman–Crippen MR) is 146 cm³/mol. The first kappa shape index (κ1) is 27.0. The zero-order chi connectivity index (χ0) is 24.9. The Morgan fingerprint density at radius 2 is 1.34 bits per heavy atom. The Balaban J connectivity index is 1.79. The molecule has 5 nitrogen and oxygen atoms in total. The first-order valence-electron chi connectivity index (χ1n) is 14.0. The van der Waals surface area contributed by atoms with Gasteiger partial charge >= 0.3 is 0 Å². The monoisotopic (exact) mass is 479 g/mol. The van der Waals surface area contributed by atoms with Gasteiger partial charge in [-0.3, -0.25) is 0 Å². The van der Waals surface area contributed by atoms with E-state index in [0.29, 0.717) is 18.0 Å². The zero-order valence-electron chi connectivity index (χ0n) is 22.2. The minimum Gasteiger partial charge on any atom is -0.505 e. The number of ether oxygens (including phenoxy) is 1. The molecule has 3 rings (SSSR count). The standard InChI is InChI=1S/C30H45N3O2/c1-4-7-9-11-13-15-17-24-21-25(18-16-14-12-10-8-5-2)30(34)29(22-24)33-31-27-20-19-26(35-6-3)23-28(27)32-33/h19-23,34H,4-18H2,1-3H3. The van der Waals surface area contributed by atoms with Crippen LogP contribution in [0.2, 0.25) is 0 Å². The van der Waals surface area contributed by atoms with Gasteiger partial charge in [0.05, 0.1) is 6.61 Å². The Kier molecular flexibility index (Phi) is 11.4. The Hall–Kier alpha value is -2.56. The number of hydrogen-bond donors (Lipinski definition) is 1. The van der Waals surface area contributed by atoms with Crippen LogP contribution in [-0.4, -0.2) is 26.7 Å². The lowest BCUT2D eigenvalue weighted by Gasteiger charge is -2.13. The summed E-state index contributed by atoms with van der Waals surface area (Å²) in [4.78, 5) is 1.60. The van der Waals surface area contributed by atoms with Gasteiger partial charge in [0.2, 0.25) is 0 Å². The number of aryl methyl sites for hydroxylation is 2. The minimum atomic E-state index is 0.315. The molecule has 3 aromatic rings. The first-order chi connectivity index (χ1) is 17.2. The number of fused-ring (bicyclic) bond motifs is 1. The Labute approximate surface area is 211 Å². The molecule has 0 unspecified atom stereocenters. The summed E-state index contributed by atoms with van der Waals surface area (Å²) in [6.07, 6.45) is 17.1. The summed E-state index contributed by atoms with van der Waals surface area (Å²) < 4.78 is 5.62. The topological polar surface area (TPSA) is 60.2 Å². The molecular formula is C30H45N3O2. The molecule has 1 N–H and O–H groups in total. The maximum atomic E-state index is 11.2. The number of hydrogen-bond acceptors (Lipinski definition) is 4.